The summed E-state index contributed by atoms with van der Waals surface area (Å²) in [6.45, 7) is 2.71. The van der Waals surface area contributed by atoms with E-state index in [2.05, 4.69) is 0 Å². The summed E-state index contributed by atoms with van der Waals surface area (Å²) in [5, 5.41) is 9.43. The van der Waals surface area contributed by atoms with E-state index in [1.165, 1.54) is 0 Å². The number of methoxy groups -OCH3 is 2. The Morgan fingerprint density at radius 1 is 1.19 bits per heavy atom. The molecule has 0 spiro atoms. The standard InChI is InChI=1S/C12H18O4/c1-9(13)10-4-5-11(12(8-10)15-3)16-7-6-14-2/h4-5,8-9,13H,6-7H2,1-3H3/t9-/m0/s1. The second kappa shape index (κ2) is 6.35. The summed E-state index contributed by atoms with van der Waals surface area (Å²) in [6.07, 6.45) is -0.512. The zero-order chi connectivity index (χ0) is 12.0. The molecule has 0 aliphatic heterocycles. The highest BCUT2D eigenvalue weighted by molar-refractivity contribution is 5.43. The first kappa shape index (κ1) is 12.8. The molecular weight excluding hydrogens is 208 g/mol. The van der Waals surface area contributed by atoms with E-state index >= 15 is 0 Å². The van der Waals surface area contributed by atoms with Gasteiger partial charge in [-0.1, -0.05) is 6.07 Å². The SMILES string of the molecule is COCCOc1ccc([C@H](C)O)cc1OC. The summed E-state index contributed by atoms with van der Waals surface area (Å²) in [5.41, 5.74) is 0.802. The van der Waals surface area contributed by atoms with E-state index in [4.69, 9.17) is 14.2 Å². The molecule has 16 heavy (non-hydrogen) atoms. The molecule has 1 N–H and O–H groups in total. The fourth-order valence-corrected chi connectivity index (χ4v) is 1.30. The molecular formula is C12H18O4. The first-order valence-corrected chi connectivity index (χ1v) is 5.16. The maximum Gasteiger partial charge on any atom is 0.161 e. The van der Waals surface area contributed by atoms with Crippen molar-refractivity contribution in [1.29, 1.82) is 0 Å². The molecule has 0 saturated carbocycles. The monoisotopic (exact) mass is 226 g/mol. The Balaban J connectivity index is 2.76. The quantitative estimate of drug-likeness (QED) is 0.751. The highest BCUT2D eigenvalue weighted by Crippen LogP contribution is 2.30. The van der Waals surface area contributed by atoms with E-state index in [9.17, 15) is 5.11 Å². The minimum atomic E-state index is -0.512. The third-order valence-electron chi connectivity index (χ3n) is 2.22. The topological polar surface area (TPSA) is 47.9 Å². The highest BCUT2D eigenvalue weighted by Gasteiger charge is 2.08. The summed E-state index contributed by atoms with van der Waals surface area (Å²) in [4.78, 5) is 0. The van der Waals surface area contributed by atoms with Crippen LogP contribution in [0.3, 0.4) is 0 Å². The maximum absolute atomic E-state index is 9.43. The van der Waals surface area contributed by atoms with E-state index in [1.807, 2.05) is 6.07 Å². The van der Waals surface area contributed by atoms with Crippen LogP contribution in [0.2, 0.25) is 0 Å². The smallest absolute Gasteiger partial charge is 0.161 e. The third-order valence-corrected chi connectivity index (χ3v) is 2.22. The van der Waals surface area contributed by atoms with E-state index in [-0.39, 0.29) is 0 Å². The number of aliphatic hydroxyl groups is 1. The van der Waals surface area contributed by atoms with Gasteiger partial charge in [0.15, 0.2) is 11.5 Å². The molecule has 0 radical (unpaired) electrons. The number of benzene rings is 1. The predicted molar refractivity (Wildman–Crippen MR) is 61.0 cm³/mol. The number of rotatable bonds is 6. The second-order valence-electron chi connectivity index (χ2n) is 3.43. The summed E-state index contributed by atoms with van der Waals surface area (Å²) in [5.74, 6) is 1.28. The van der Waals surface area contributed by atoms with Crippen molar-refractivity contribution >= 4 is 0 Å². The molecule has 0 fully saturated rings. The molecule has 90 valence electrons. The average molecular weight is 226 g/mol. The van der Waals surface area contributed by atoms with Gasteiger partial charge in [0.2, 0.25) is 0 Å². The third kappa shape index (κ3) is 3.40. The number of hydrogen-bond acceptors (Lipinski definition) is 4. The Bertz CT molecular complexity index is 323. The molecule has 4 heteroatoms. The molecule has 0 aliphatic rings. The van der Waals surface area contributed by atoms with Crippen LogP contribution in [0.5, 0.6) is 11.5 Å². The molecule has 4 nitrogen and oxygen atoms in total. The van der Waals surface area contributed by atoms with Crippen molar-refractivity contribution in [2.24, 2.45) is 0 Å². The Labute approximate surface area is 95.8 Å². The van der Waals surface area contributed by atoms with E-state index in [0.29, 0.717) is 24.7 Å². The maximum atomic E-state index is 9.43. The van der Waals surface area contributed by atoms with Gasteiger partial charge >= 0.3 is 0 Å². The van der Waals surface area contributed by atoms with Crippen LogP contribution in [0.1, 0.15) is 18.6 Å². The molecule has 0 amide bonds. The molecule has 0 aromatic heterocycles. The summed E-state index contributed by atoms with van der Waals surface area (Å²) in [6, 6.07) is 5.37. The molecule has 1 aromatic rings. The summed E-state index contributed by atoms with van der Waals surface area (Å²) >= 11 is 0. The molecule has 1 atom stereocenters. The molecule has 0 bridgehead atoms. The van der Waals surface area contributed by atoms with Crippen molar-refractivity contribution < 1.29 is 19.3 Å². The second-order valence-corrected chi connectivity index (χ2v) is 3.43. The normalized spacial score (nSPS) is 12.2. The Hall–Kier alpha value is -1.26. The Kier molecular flexibility index (Phi) is 5.08. The van der Waals surface area contributed by atoms with Gasteiger partial charge in [0, 0.05) is 7.11 Å². The van der Waals surface area contributed by atoms with Crippen molar-refractivity contribution in [3.8, 4) is 11.5 Å². The van der Waals surface area contributed by atoms with Crippen LogP contribution in [0.15, 0.2) is 18.2 Å². The van der Waals surface area contributed by atoms with Gasteiger partial charge in [-0.25, -0.2) is 0 Å². The van der Waals surface area contributed by atoms with Gasteiger partial charge < -0.3 is 19.3 Å². The fourth-order valence-electron chi connectivity index (χ4n) is 1.30. The van der Waals surface area contributed by atoms with Gasteiger partial charge in [-0.3, -0.25) is 0 Å². The largest absolute Gasteiger partial charge is 0.493 e. The number of hydrogen-bond donors (Lipinski definition) is 1. The van der Waals surface area contributed by atoms with Crippen LogP contribution >= 0.6 is 0 Å². The zero-order valence-corrected chi connectivity index (χ0v) is 9.90. The van der Waals surface area contributed by atoms with E-state index in [1.54, 1.807) is 33.3 Å². The predicted octanol–water partition coefficient (Wildman–Crippen LogP) is 1.77. The molecule has 0 heterocycles. The van der Waals surface area contributed by atoms with Gasteiger partial charge in [0.25, 0.3) is 0 Å². The van der Waals surface area contributed by atoms with Crippen LogP contribution in [0, 0.1) is 0 Å². The lowest BCUT2D eigenvalue weighted by molar-refractivity contribution is 0.144. The lowest BCUT2D eigenvalue weighted by Crippen LogP contribution is -2.05. The summed E-state index contributed by atoms with van der Waals surface area (Å²) < 4.78 is 15.6. The lowest BCUT2D eigenvalue weighted by Gasteiger charge is -2.12. The van der Waals surface area contributed by atoms with Crippen molar-refractivity contribution in [3.63, 3.8) is 0 Å². The highest BCUT2D eigenvalue weighted by atomic mass is 16.5. The lowest BCUT2D eigenvalue weighted by atomic mass is 10.1. The van der Waals surface area contributed by atoms with E-state index in [0.717, 1.165) is 5.56 Å². The molecule has 0 unspecified atom stereocenters. The van der Waals surface area contributed by atoms with Crippen molar-refractivity contribution in [1.82, 2.24) is 0 Å². The van der Waals surface area contributed by atoms with Crippen molar-refractivity contribution in [2.75, 3.05) is 27.4 Å². The minimum absolute atomic E-state index is 0.473. The van der Waals surface area contributed by atoms with Crippen LogP contribution in [-0.4, -0.2) is 32.5 Å². The first-order chi connectivity index (χ1) is 7.69. The molecule has 1 rings (SSSR count). The fraction of sp³-hybridized carbons (Fsp3) is 0.500. The Morgan fingerprint density at radius 3 is 2.50 bits per heavy atom. The minimum Gasteiger partial charge on any atom is -0.493 e. The van der Waals surface area contributed by atoms with Gasteiger partial charge in [0.05, 0.1) is 19.8 Å². The van der Waals surface area contributed by atoms with Crippen LogP contribution in [-0.2, 0) is 4.74 Å². The van der Waals surface area contributed by atoms with Crippen LogP contribution in [0.25, 0.3) is 0 Å². The van der Waals surface area contributed by atoms with Crippen LogP contribution < -0.4 is 9.47 Å². The zero-order valence-electron chi connectivity index (χ0n) is 9.90. The van der Waals surface area contributed by atoms with Gasteiger partial charge in [-0.05, 0) is 24.6 Å². The Morgan fingerprint density at radius 2 is 1.94 bits per heavy atom. The molecule has 1 aromatic carbocycles. The van der Waals surface area contributed by atoms with Crippen molar-refractivity contribution in [3.05, 3.63) is 23.8 Å². The van der Waals surface area contributed by atoms with Crippen LogP contribution in [0.4, 0.5) is 0 Å². The van der Waals surface area contributed by atoms with Crippen molar-refractivity contribution in [2.45, 2.75) is 13.0 Å². The average Bonchev–Trinajstić information content (AvgIpc) is 2.29. The van der Waals surface area contributed by atoms with Gasteiger partial charge in [-0.15, -0.1) is 0 Å². The number of ether oxygens (including phenoxy) is 3. The number of aliphatic hydroxyl groups excluding tert-OH is 1. The van der Waals surface area contributed by atoms with Gasteiger partial charge in [0.1, 0.15) is 6.61 Å². The van der Waals surface area contributed by atoms with Gasteiger partial charge in [-0.2, -0.15) is 0 Å². The van der Waals surface area contributed by atoms with E-state index < -0.39 is 6.10 Å². The summed E-state index contributed by atoms with van der Waals surface area (Å²) in [7, 11) is 3.20. The molecule has 0 saturated heterocycles. The molecule has 0 aliphatic carbocycles. The first-order valence-electron chi connectivity index (χ1n) is 5.16.